The van der Waals surface area contributed by atoms with Crippen LogP contribution in [-0.2, 0) is 0 Å². The van der Waals surface area contributed by atoms with Gasteiger partial charge in [-0.2, -0.15) is 0 Å². The van der Waals surface area contributed by atoms with Crippen molar-refractivity contribution in [3.8, 4) is 5.75 Å². The molecule has 2 aromatic rings. The van der Waals surface area contributed by atoms with E-state index in [9.17, 15) is 0 Å². The lowest BCUT2D eigenvalue weighted by atomic mass is 10.1. The Morgan fingerprint density at radius 2 is 1.89 bits per heavy atom. The molecule has 2 rings (SSSR count). The minimum Gasteiger partial charge on any atom is -0.483 e. The predicted molar refractivity (Wildman–Crippen MR) is 77.4 cm³/mol. The first-order valence-electron chi connectivity index (χ1n) is 6.10. The highest BCUT2D eigenvalue weighted by atomic mass is 32.1. The fourth-order valence-corrected chi connectivity index (χ4v) is 2.71. The van der Waals surface area contributed by atoms with Crippen LogP contribution in [0.3, 0.4) is 0 Å². The smallest absolute Gasteiger partial charge is 0.145 e. The van der Waals surface area contributed by atoms with E-state index >= 15 is 0 Å². The third kappa shape index (κ3) is 2.57. The molecule has 96 valence electrons. The maximum absolute atomic E-state index is 6.14. The van der Waals surface area contributed by atoms with Gasteiger partial charge < -0.3 is 10.5 Å². The monoisotopic (exact) mass is 261 g/mol. The topological polar surface area (TPSA) is 35.2 Å². The van der Waals surface area contributed by atoms with Crippen LogP contribution in [-0.4, -0.2) is 6.54 Å². The van der Waals surface area contributed by atoms with E-state index in [-0.39, 0.29) is 6.10 Å². The van der Waals surface area contributed by atoms with Gasteiger partial charge in [0.15, 0.2) is 0 Å². The van der Waals surface area contributed by atoms with E-state index in [1.54, 1.807) is 11.3 Å². The van der Waals surface area contributed by atoms with Gasteiger partial charge in [-0.1, -0.05) is 18.2 Å². The van der Waals surface area contributed by atoms with Crippen LogP contribution < -0.4 is 10.5 Å². The Kier molecular flexibility index (Phi) is 4.04. The SMILES string of the molecule is Cc1ccc(C)c(OC(CN)c2cccs2)c1C. The Bertz CT molecular complexity index is 520. The van der Waals surface area contributed by atoms with E-state index in [1.807, 2.05) is 6.07 Å². The van der Waals surface area contributed by atoms with E-state index in [2.05, 4.69) is 44.4 Å². The molecule has 0 spiro atoms. The number of hydrogen-bond donors (Lipinski definition) is 1. The molecule has 0 aliphatic rings. The third-order valence-corrected chi connectivity index (χ3v) is 4.17. The Morgan fingerprint density at radius 3 is 2.50 bits per heavy atom. The van der Waals surface area contributed by atoms with Gasteiger partial charge in [0.25, 0.3) is 0 Å². The van der Waals surface area contributed by atoms with Gasteiger partial charge in [0.1, 0.15) is 11.9 Å². The maximum atomic E-state index is 6.14. The van der Waals surface area contributed by atoms with Crippen LogP contribution in [0.25, 0.3) is 0 Å². The Labute approximate surface area is 112 Å². The van der Waals surface area contributed by atoms with Crippen LogP contribution in [0.15, 0.2) is 29.6 Å². The Morgan fingerprint density at radius 1 is 1.17 bits per heavy atom. The number of hydrogen-bond acceptors (Lipinski definition) is 3. The second kappa shape index (κ2) is 5.55. The maximum Gasteiger partial charge on any atom is 0.145 e. The molecule has 1 atom stereocenters. The minimum absolute atomic E-state index is 0.0517. The van der Waals surface area contributed by atoms with Gasteiger partial charge in [-0.15, -0.1) is 11.3 Å². The fraction of sp³-hybridized carbons (Fsp3) is 0.333. The number of rotatable bonds is 4. The third-order valence-electron chi connectivity index (χ3n) is 3.21. The molecule has 0 radical (unpaired) electrons. The summed E-state index contributed by atoms with van der Waals surface area (Å²) in [5.74, 6) is 0.971. The van der Waals surface area contributed by atoms with Gasteiger partial charge in [0, 0.05) is 11.4 Å². The summed E-state index contributed by atoms with van der Waals surface area (Å²) in [4.78, 5) is 1.18. The van der Waals surface area contributed by atoms with Gasteiger partial charge in [-0.25, -0.2) is 0 Å². The first kappa shape index (κ1) is 13.1. The van der Waals surface area contributed by atoms with Gasteiger partial charge in [-0.05, 0) is 48.9 Å². The lowest BCUT2D eigenvalue weighted by molar-refractivity contribution is 0.215. The molecule has 0 aliphatic heterocycles. The molecule has 18 heavy (non-hydrogen) atoms. The van der Waals surface area contributed by atoms with E-state index in [0.717, 1.165) is 11.3 Å². The van der Waals surface area contributed by atoms with E-state index < -0.39 is 0 Å². The molecule has 0 bridgehead atoms. The van der Waals surface area contributed by atoms with Gasteiger partial charge in [0.2, 0.25) is 0 Å². The molecule has 0 saturated heterocycles. The highest BCUT2D eigenvalue weighted by molar-refractivity contribution is 7.10. The Balaban J connectivity index is 2.30. The normalized spacial score (nSPS) is 12.4. The van der Waals surface area contributed by atoms with Crippen LogP contribution in [0.5, 0.6) is 5.75 Å². The zero-order valence-electron chi connectivity index (χ0n) is 11.1. The van der Waals surface area contributed by atoms with Crippen LogP contribution in [0.4, 0.5) is 0 Å². The molecular formula is C15H19NOS. The standard InChI is InChI=1S/C15H19NOS/c1-10-6-7-11(2)15(12(10)3)17-13(9-16)14-5-4-8-18-14/h4-8,13H,9,16H2,1-3H3. The number of ether oxygens (including phenoxy) is 1. The molecular weight excluding hydrogens is 242 g/mol. The molecule has 2 nitrogen and oxygen atoms in total. The van der Waals surface area contributed by atoms with Crippen molar-refractivity contribution in [2.45, 2.75) is 26.9 Å². The van der Waals surface area contributed by atoms with Crippen LogP contribution in [0.1, 0.15) is 27.7 Å². The molecule has 0 saturated carbocycles. The Hall–Kier alpha value is -1.32. The first-order valence-corrected chi connectivity index (χ1v) is 6.98. The molecule has 0 aliphatic carbocycles. The second-order valence-electron chi connectivity index (χ2n) is 4.51. The number of aryl methyl sites for hydroxylation is 2. The number of nitrogens with two attached hydrogens (primary N) is 1. The zero-order chi connectivity index (χ0) is 13.1. The van der Waals surface area contributed by atoms with Crippen LogP contribution >= 0.6 is 11.3 Å². The lowest BCUT2D eigenvalue weighted by Gasteiger charge is -2.20. The van der Waals surface area contributed by atoms with Crippen molar-refractivity contribution in [3.63, 3.8) is 0 Å². The average Bonchev–Trinajstić information content (AvgIpc) is 2.88. The summed E-state index contributed by atoms with van der Waals surface area (Å²) in [7, 11) is 0. The van der Waals surface area contributed by atoms with Crippen molar-refractivity contribution >= 4 is 11.3 Å². The van der Waals surface area contributed by atoms with Crippen LogP contribution in [0, 0.1) is 20.8 Å². The molecule has 1 heterocycles. The number of thiophene rings is 1. The fourth-order valence-electron chi connectivity index (χ4n) is 1.95. The molecule has 3 heteroatoms. The second-order valence-corrected chi connectivity index (χ2v) is 5.49. The van der Waals surface area contributed by atoms with Crippen molar-refractivity contribution in [2.75, 3.05) is 6.54 Å². The van der Waals surface area contributed by atoms with E-state index in [1.165, 1.54) is 16.0 Å². The van der Waals surface area contributed by atoms with Gasteiger partial charge in [-0.3, -0.25) is 0 Å². The molecule has 1 unspecified atom stereocenters. The minimum atomic E-state index is -0.0517. The van der Waals surface area contributed by atoms with Gasteiger partial charge >= 0.3 is 0 Å². The van der Waals surface area contributed by atoms with Crippen molar-refractivity contribution in [1.29, 1.82) is 0 Å². The number of benzene rings is 1. The van der Waals surface area contributed by atoms with Crippen molar-refractivity contribution in [1.82, 2.24) is 0 Å². The van der Waals surface area contributed by atoms with E-state index in [4.69, 9.17) is 10.5 Å². The summed E-state index contributed by atoms with van der Waals surface area (Å²) in [5.41, 5.74) is 9.44. The summed E-state index contributed by atoms with van der Waals surface area (Å²) in [6.45, 7) is 6.76. The quantitative estimate of drug-likeness (QED) is 0.909. The van der Waals surface area contributed by atoms with Crippen molar-refractivity contribution in [2.24, 2.45) is 5.73 Å². The highest BCUT2D eigenvalue weighted by Crippen LogP contribution is 2.31. The zero-order valence-corrected chi connectivity index (χ0v) is 11.9. The molecule has 2 N–H and O–H groups in total. The van der Waals surface area contributed by atoms with Crippen molar-refractivity contribution in [3.05, 3.63) is 51.2 Å². The largest absolute Gasteiger partial charge is 0.483 e. The first-order chi connectivity index (χ1) is 8.63. The molecule has 0 amide bonds. The summed E-state index contributed by atoms with van der Waals surface area (Å²) < 4.78 is 6.14. The molecule has 1 aromatic heterocycles. The van der Waals surface area contributed by atoms with Crippen molar-refractivity contribution < 1.29 is 4.74 Å². The van der Waals surface area contributed by atoms with Gasteiger partial charge in [0.05, 0.1) is 0 Å². The van der Waals surface area contributed by atoms with Crippen LogP contribution in [0.2, 0.25) is 0 Å². The van der Waals surface area contributed by atoms with E-state index in [0.29, 0.717) is 6.54 Å². The molecule has 1 aromatic carbocycles. The predicted octanol–water partition coefficient (Wildman–Crippen LogP) is 3.75. The molecule has 0 fully saturated rings. The summed E-state index contributed by atoms with van der Waals surface area (Å²) in [6.07, 6.45) is -0.0517. The lowest BCUT2D eigenvalue weighted by Crippen LogP contribution is -2.18. The summed E-state index contributed by atoms with van der Waals surface area (Å²) in [6, 6.07) is 8.32. The average molecular weight is 261 g/mol. The summed E-state index contributed by atoms with van der Waals surface area (Å²) in [5, 5.41) is 2.05. The summed E-state index contributed by atoms with van der Waals surface area (Å²) >= 11 is 1.69. The highest BCUT2D eigenvalue weighted by Gasteiger charge is 2.15.